The molecule has 0 aromatic carbocycles. The van der Waals surface area contributed by atoms with Crippen LogP contribution < -0.4 is 5.32 Å². The van der Waals surface area contributed by atoms with E-state index in [1.165, 1.54) is 18.5 Å². The molecule has 1 aliphatic rings. The lowest BCUT2D eigenvalue weighted by atomic mass is 10.2. The summed E-state index contributed by atoms with van der Waals surface area (Å²) in [7, 11) is 6.16. The number of aryl methyl sites for hydroxylation is 2. The van der Waals surface area contributed by atoms with E-state index in [0.29, 0.717) is 0 Å². The lowest BCUT2D eigenvalue weighted by Crippen LogP contribution is -2.21. The van der Waals surface area contributed by atoms with Crippen molar-refractivity contribution < 1.29 is 0 Å². The van der Waals surface area contributed by atoms with Crippen molar-refractivity contribution >= 4 is 5.82 Å². The molecule has 0 radical (unpaired) electrons. The first-order chi connectivity index (χ1) is 8.02. The van der Waals surface area contributed by atoms with E-state index in [4.69, 9.17) is 0 Å². The van der Waals surface area contributed by atoms with Gasteiger partial charge in [0.1, 0.15) is 5.82 Å². The molecule has 2 unspecified atom stereocenters. The molecule has 17 heavy (non-hydrogen) atoms. The Balaban J connectivity index is 2.01. The minimum Gasteiger partial charge on any atom is -0.373 e. The van der Waals surface area contributed by atoms with Gasteiger partial charge in [0.05, 0.1) is 5.69 Å². The molecule has 4 nitrogen and oxygen atoms in total. The summed E-state index contributed by atoms with van der Waals surface area (Å²) in [6.07, 6.45) is 1.40. The van der Waals surface area contributed by atoms with E-state index in [2.05, 4.69) is 36.2 Å². The number of rotatable bonds is 5. The molecule has 1 fully saturated rings. The summed E-state index contributed by atoms with van der Waals surface area (Å²) in [5, 5.41) is 7.71. The summed E-state index contributed by atoms with van der Waals surface area (Å²) in [5.41, 5.74) is 2.46. The van der Waals surface area contributed by atoms with Gasteiger partial charge in [-0.1, -0.05) is 6.92 Å². The van der Waals surface area contributed by atoms with Crippen molar-refractivity contribution in [3.63, 3.8) is 0 Å². The number of anilines is 1. The van der Waals surface area contributed by atoms with Crippen LogP contribution in [0.3, 0.4) is 0 Å². The maximum atomic E-state index is 4.47. The normalized spacial score (nSPS) is 23.2. The molecule has 1 saturated carbocycles. The zero-order chi connectivity index (χ0) is 12.6. The maximum Gasteiger partial charge on any atom is 0.128 e. The van der Waals surface area contributed by atoms with Crippen molar-refractivity contribution in [3.8, 4) is 0 Å². The van der Waals surface area contributed by atoms with Crippen LogP contribution in [0.4, 0.5) is 5.82 Å². The first-order valence-electron chi connectivity index (χ1n) is 6.41. The standard InChI is InChI=1S/C13H24N4/c1-9-6-11(9)7-16(4)8-12-10(2)15-17(5)13(12)14-3/h9,11,14H,6-8H2,1-5H3. The van der Waals surface area contributed by atoms with Gasteiger partial charge in [0.2, 0.25) is 0 Å². The number of aromatic nitrogens is 2. The van der Waals surface area contributed by atoms with E-state index in [0.717, 1.165) is 29.9 Å². The van der Waals surface area contributed by atoms with Gasteiger partial charge in [0.15, 0.2) is 0 Å². The largest absolute Gasteiger partial charge is 0.373 e. The second-order valence-corrected chi connectivity index (χ2v) is 5.46. The van der Waals surface area contributed by atoms with Gasteiger partial charge < -0.3 is 10.2 Å². The summed E-state index contributed by atoms with van der Waals surface area (Å²) >= 11 is 0. The summed E-state index contributed by atoms with van der Waals surface area (Å²) in [6, 6.07) is 0. The van der Waals surface area contributed by atoms with Crippen LogP contribution in [0.25, 0.3) is 0 Å². The van der Waals surface area contributed by atoms with E-state index < -0.39 is 0 Å². The van der Waals surface area contributed by atoms with Gasteiger partial charge in [-0.05, 0) is 32.2 Å². The molecule has 2 rings (SSSR count). The fourth-order valence-electron chi connectivity index (χ4n) is 2.59. The number of hydrogen-bond acceptors (Lipinski definition) is 3. The van der Waals surface area contributed by atoms with Crippen molar-refractivity contribution in [2.24, 2.45) is 18.9 Å². The van der Waals surface area contributed by atoms with Crippen LogP contribution in [0.2, 0.25) is 0 Å². The third-order valence-electron chi connectivity index (χ3n) is 3.83. The Bertz CT molecular complexity index is 396. The Labute approximate surface area is 104 Å². The SMILES string of the molecule is CNc1c(CN(C)CC2CC2C)c(C)nn1C. The molecule has 2 atom stereocenters. The Morgan fingerprint density at radius 1 is 1.53 bits per heavy atom. The highest BCUT2D eigenvalue weighted by molar-refractivity contribution is 5.46. The maximum absolute atomic E-state index is 4.47. The van der Waals surface area contributed by atoms with E-state index >= 15 is 0 Å². The summed E-state index contributed by atoms with van der Waals surface area (Å²) in [6.45, 7) is 6.62. The van der Waals surface area contributed by atoms with Gasteiger partial charge in [-0.3, -0.25) is 4.68 Å². The monoisotopic (exact) mass is 236 g/mol. The average molecular weight is 236 g/mol. The highest BCUT2D eigenvalue weighted by Gasteiger charge is 2.33. The molecule has 0 spiro atoms. The first-order valence-corrected chi connectivity index (χ1v) is 6.41. The Morgan fingerprint density at radius 3 is 2.71 bits per heavy atom. The average Bonchev–Trinajstić information content (AvgIpc) is 2.85. The smallest absolute Gasteiger partial charge is 0.128 e. The lowest BCUT2D eigenvalue weighted by molar-refractivity contribution is 0.307. The molecule has 1 aromatic heterocycles. The molecule has 1 heterocycles. The molecule has 4 heteroatoms. The molecular weight excluding hydrogens is 212 g/mol. The second-order valence-electron chi connectivity index (χ2n) is 5.46. The van der Waals surface area contributed by atoms with Gasteiger partial charge in [0.25, 0.3) is 0 Å². The lowest BCUT2D eigenvalue weighted by Gasteiger charge is -2.17. The van der Waals surface area contributed by atoms with E-state index in [-0.39, 0.29) is 0 Å². The van der Waals surface area contributed by atoms with Crippen LogP contribution >= 0.6 is 0 Å². The minimum atomic E-state index is 0.912. The molecule has 1 aromatic rings. The molecule has 96 valence electrons. The van der Waals surface area contributed by atoms with Crippen LogP contribution in [0, 0.1) is 18.8 Å². The highest BCUT2D eigenvalue weighted by Crippen LogP contribution is 2.38. The summed E-state index contributed by atoms with van der Waals surface area (Å²) in [5.74, 6) is 2.98. The summed E-state index contributed by atoms with van der Waals surface area (Å²) < 4.78 is 1.93. The molecule has 0 amide bonds. The first kappa shape index (κ1) is 12.4. The van der Waals surface area contributed by atoms with Crippen LogP contribution in [0.15, 0.2) is 0 Å². The predicted molar refractivity (Wildman–Crippen MR) is 71.1 cm³/mol. The fourth-order valence-corrected chi connectivity index (χ4v) is 2.59. The topological polar surface area (TPSA) is 33.1 Å². The third kappa shape index (κ3) is 2.63. The van der Waals surface area contributed by atoms with Crippen LogP contribution in [0.5, 0.6) is 0 Å². The molecule has 0 saturated heterocycles. The van der Waals surface area contributed by atoms with Gasteiger partial charge in [-0.15, -0.1) is 0 Å². The minimum absolute atomic E-state index is 0.912. The van der Waals surface area contributed by atoms with Crippen molar-refractivity contribution in [1.29, 1.82) is 0 Å². The van der Waals surface area contributed by atoms with Crippen molar-refractivity contribution in [1.82, 2.24) is 14.7 Å². The van der Waals surface area contributed by atoms with Gasteiger partial charge >= 0.3 is 0 Å². The van der Waals surface area contributed by atoms with Gasteiger partial charge in [0, 0.05) is 32.7 Å². The van der Waals surface area contributed by atoms with Crippen LogP contribution in [-0.4, -0.2) is 35.3 Å². The zero-order valence-electron chi connectivity index (χ0n) is 11.6. The second kappa shape index (κ2) is 4.69. The van der Waals surface area contributed by atoms with Crippen molar-refractivity contribution in [2.75, 3.05) is 26.0 Å². The van der Waals surface area contributed by atoms with Crippen LogP contribution in [0.1, 0.15) is 24.6 Å². The summed E-state index contributed by atoms with van der Waals surface area (Å²) in [4.78, 5) is 2.42. The molecule has 0 aliphatic heterocycles. The Hall–Kier alpha value is -1.03. The van der Waals surface area contributed by atoms with Crippen LogP contribution in [-0.2, 0) is 13.6 Å². The quantitative estimate of drug-likeness (QED) is 0.847. The van der Waals surface area contributed by atoms with Crippen molar-refractivity contribution in [2.45, 2.75) is 26.8 Å². The molecule has 1 aliphatic carbocycles. The Kier molecular flexibility index (Phi) is 3.43. The van der Waals surface area contributed by atoms with E-state index in [9.17, 15) is 0 Å². The van der Waals surface area contributed by atoms with E-state index in [1.54, 1.807) is 0 Å². The van der Waals surface area contributed by atoms with Gasteiger partial charge in [-0.2, -0.15) is 5.10 Å². The highest BCUT2D eigenvalue weighted by atomic mass is 15.3. The van der Waals surface area contributed by atoms with Gasteiger partial charge in [-0.25, -0.2) is 0 Å². The third-order valence-corrected chi connectivity index (χ3v) is 3.83. The molecular formula is C13H24N4. The fraction of sp³-hybridized carbons (Fsp3) is 0.769. The molecule has 0 bridgehead atoms. The number of nitrogens with zero attached hydrogens (tertiary/aromatic N) is 3. The molecule has 1 N–H and O–H groups in total. The zero-order valence-corrected chi connectivity index (χ0v) is 11.6. The van der Waals surface area contributed by atoms with E-state index in [1.807, 2.05) is 18.8 Å². The predicted octanol–water partition coefficient (Wildman–Crippen LogP) is 1.86. The number of hydrogen-bond donors (Lipinski definition) is 1. The number of nitrogens with one attached hydrogen (secondary N) is 1. The van der Waals surface area contributed by atoms with Crippen molar-refractivity contribution in [3.05, 3.63) is 11.3 Å². The Morgan fingerprint density at radius 2 is 2.18 bits per heavy atom.